The Kier molecular flexibility index (Phi) is 5.65. The van der Waals surface area contributed by atoms with E-state index >= 15 is 0 Å². The van der Waals surface area contributed by atoms with Crippen LogP contribution < -0.4 is 5.32 Å². The van der Waals surface area contributed by atoms with Crippen molar-refractivity contribution in [2.24, 2.45) is 0 Å². The van der Waals surface area contributed by atoms with Gasteiger partial charge in [0, 0.05) is 24.0 Å². The number of H-pyrrole nitrogens is 1. The van der Waals surface area contributed by atoms with Crippen molar-refractivity contribution in [1.82, 2.24) is 9.97 Å². The van der Waals surface area contributed by atoms with Crippen LogP contribution in [0, 0.1) is 10.1 Å². The Morgan fingerprint density at radius 3 is 2.33 bits per heavy atom. The van der Waals surface area contributed by atoms with Crippen LogP contribution in [-0.2, 0) is 6.18 Å². The minimum Gasteiger partial charge on any atom is -0.360 e. The maximum Gasteiger partial charge on any atom is 0.416 e. The highest BCUT2D eigenvalue weighted by atomic mass is 19.4. The van der Waals surface area contributed by atoms with Crippen LogP contribution in [-0.4, -0.2) is 20.8 Å². The molecule has 2 aromatic carbocycles. The summed E-state index contributed by atoms with van der Waals surface area (Å²) in [6.07, 6.45) is -1.66. The van der Waals surface area contributed by atoms with Crippen LogP contribution in [0.25, 0.3) is 22.4 Å². The van der Waals surface area contributed by atoms with Crippen molar-refractivity contribution in [3.05, 3.63) is 100 Å². The van der Waals surface area contributed by atoms with E-state index in [2.05, 4.69) is 15.3 Å². The summed E-state index contributed by atoms with van der Waals surface area (Å²) >= 11 is 0. The van der Waals surface area contributed by atoms with E-state index in [1.54, 1.807) is 24.3 Å². The monoisotopic (exact) mass is 452 g/mol. The standard InChI is InChI=1S/C23H15F3N4O3/c24-23(25,26)15-10-8-14(9-11-15)21-20(16-5-1-2-6-18(16)30(32)33)17(13-28-21)22(31)29-19-7-3-4-12-27-19/h1-13,28H,(H,27,29,31). The first-order chi connectivity index (χ1) is 15.8. The smallest absolute Gasteiger partial charge is 0.360 e. The number of amides is 1. The molecule has 0 aliphatic heterocycles. The van der Waals surface area contributed by atoms with Crippen LogP contribution in [0.5, 0.6) is 0 Å². The molecule has 2 heterocycles. The second-order valence-electron chi connectivity index (χ2n) is 6.97. The molecule has 10 heteroatoms. The third kappa shape index (κ3) is 4.45. The van der Waals surface area contributed by atoms with Gasteiger partial charge in [-0.2, -0.15) is 13.2 Å². The fraction of sp³-hybridized carbons (Fsp3) is 0.0435. The number of aromatic nitrogens is 2. The molecule has 0 fully saturated rings. The van der Waals surface area contributed by atoms with Gasteiger partial charge in [0.15, 0.2) is 0 Å². The number of alkyl halides is 3. The molecule has 2 aromatic heterocycles. The van der Waals surface area contributed by atoms with Crippen molar-refractivity contribution in [3.63, 3.8) is 0 Å². The first kappa shape index (κ1) is 21.8. The van der Waals surface area contributed by atoms with Crippen molar-refractivity contribution < 1.29 is 22.9 Å². The number of benzene rings is 2. The zero-order valence-corrected chi connectivity index (χ0v) is 16.8. The summed E-state index contributed by atoms with van der Waals surface area (Å²) in [6, 6.07) is 15.1. The van der Waals surface area contributed by atoms with Gasteiger partial charge in [0.1, 0.15) is 5.82 Å². The van der Waals surface area contributed by atoms with Gasteiger partial charge in [0.2, 0.25) is 0 Å². The minimum atomic E-state index is -4.51. The number of carbonyl (C=O) groups excluding carboxylic acids is 1. The largest absolute Gasteiger partial charge is 0.416 e. The highest BCUT2D eigenvalue weighted by Gasteiger charge is 2.31. The average Bonchev–Trinajstić information content (AvgIpc) is 3.24. The predicted molar refractivity (Wildman–Crippen MR) is 116 cm³/mol. The number of nitrogens with one attached hydrogen (secondary N) is 2. The molecule has 0 saturated carbocycles. The van der Waals surface area contributed by atoms with E-state index < -0.39 is 22.6 Å². The Hall–Kier alpha value is -4.47. The zero-order chi connectivity index (χ0) is 23.6. The van der Waals surface area contributed by atoms with Gasteiger partial charge in [0.25, 0.3) is 11.6 Å². The fourth-order valence-corrected chi connectivity index (χ4v) is 3.40. The number of nitrogens with zero attached hydrogens (tertiary/aromatic N) is 2. The van der Waals surface area contributed by atoms with Crippen LogP contribution >= 0.6 is 0 Å². The summed E-state index contributed by atoms with van der Waals surface area (Å²) < 4.78 is 39.0. The van der Waals surface area contributed by atoms with Crippen molar-refractivity contribution in [2.75, 3.05) is 5.32 Å². The van der Waals surface area contributed by atoms with Gasteiger partial charge in [0.05, 0.1) is 27.3 Å². The predicted octanol–water partition coefficient (Wildman–Crippen LogP) is 5.92. The Morgan fingerprint density at radius 1 is 1.00 bits per heavy atom. The summed E-state index contributed by atoms with van der Waals surface area (Å²) in [5, 5.41) is 14.3. The third-order valence-corrected chi connectivity index (χ3v) is 4.90. The van der Waals surface area contributed by atoms with Gasteiger partial charge >= 0.3 is 6.18 Å². The van der Waals surface area contributed by atoms with E-state index in [4.69, 9.17) is 0 Å². The number of pyridine rings is 1. The molecule has 33 heavy (non-hydrogen) atoms. The highest BCUT2D eigenvalue weighted by Crippen LogP contribution is 2.40. The van der Waals surface area contributed by atoms with E-state index in [0.29, 0.717) is 5.56 Å². The van der Waals surface area contributed by atoms with E-state index in [1.165, 1.54) is 42.7 Å². The number of nitro benzene ring substituents is 1. The first-order valence-electron chi connectivity index (χ1n) is 9.61. The van der Waals surface area contributed by atoms with E-state index in [-0.39, 0.29) is 33.9 Å². The van der Waals surface area contributed by atoms with Crippen LogP contribution in [0.4, 0.5) is 24.7 Å². The normalized spacial score (nSPS) is 11.2. The maximum atomic E-state index is 13.0. The van der Waals surface area contributed by atoms with Crippen molar-refractivity contribution in [3.8, 4) is 22.4 Å². The van der Waals surface area contributed by atoms with Crippen LogP contribution in [0.3, 0.4) is 0 Å². The Morgan fingerprint density at radius 2 is 1.70 bits per heavy atom. The summed E-state index contributed by atoms with van der Waals surface area (Å²) in [6.45, 7) is 0. The number of carbonyl (C=O) groups is 1. The summed E-state index contributed by atoms with van der Waals surface area (Å²) in [5.74, 6) is -0.315. The molecule has 4 rings (SSSR count). The van der Waals surface area contributed by atoms with Gasteiger partial charge in [-0.3, -0.25) is 14.9 Å². The molecule has 0 atom stereocenters. The number of hydrogen-bond donors (Lipinski definition) is 2. The third-order valence-electron chi connectivity index (χ3n) is 4.90. The summed E-state index contributed by atoms with van der Waals surface area (Å²) in [5.41, 5.74) is -0.0855. The number of para-hydroxylation sites is 1. The number of halogens is 3. The molecule has 0 aliphatic carbocycles. The van der Waals surface area contributed by atoms with Gasteiger partial charge < -0.3 is 10.3 Å². The molecular weight excluding hydrogens is 437 g/mol. The van der Waals surface area contributed by atoms with Crippen LogP contribution in [0.2, 0.25) is 0 Å². The van der Waals surface area contributed by atoms with E-state index in [1.807, 2.05) is 0 Å². The Balaban J connectivity index is 1.86. The number of rotatable bonds is 5. The second-order valence-corrected chi connectivity index (χ2v) is 6.97. The van der Waals surface area contributed by atoms with E-state index in [9.17, 15) is 28.1 Å². The van der Waals surface area contributed by atoms with Crippen molar-refractivity contribution in [2.45, 2.75) is 6.18 Å². The number of nitro groups is 1. The van der Waals surface area contributed by atoms with Crippen LogP contribution in [0.15, 0.2) is 79.1 Å². The molecule has 1 amide bonds. The molecule has 0 spiro atoms. The Labute approximate surface area is 185 Å². The van der Waals surface area contributed by atoms with Gasteiger partial charge in [-0.15, -0.1) is 0 Å². The number of hydrogen-bond acceptors (Lipinski definition) is 4. The quantitative estimate of drug-likeness (QED) is 0.290. The lowest BCUT2D eigenvalue weighted by atomic mass is 9.95. The molecular formula is C23H15F3N4O3. The molecule has 0 saturated heterocycles. The Bertz CT molecular complexity index is 1320. The summed E-state index contributed by atoms with van der Waals surface area (Å²) in [4.78, 5) is 31.0. The molecule has 4 aromatic rings. The van der Waals surface area contributed by atoms with Crippen molar-refractivity contribution >= 4 is 17.4 Å². The molecule has 0 unspecified atom stereocenters. The molecule has 7 nitrogen and oxygen atoms in total. The van der Waals surface area contributed by atoms with Gasteiger partial charge in [-0.05, 0) is 35.9 Å². The van der Waals surface area contributed by atoms with Crippen molar-refractivity contribution in [1.29, 1.82) is 0 Å². The highest BCUT2D eigenvalue weighted by molar-refractivity contribution is 6.11. The van der Waals surface area contributed by atoms with Gasteiger partial charge in [-0.1, -0.05) is 30.3 Å². The summed E-state index contributed by atoms with van der Waals surface area (Å²) in [7, 11) is 0. The lowest BCUT2D eigenvalue weighted by molar-refractivity contribution is -0.384. The maximum absolute atomic E-state index is 13.0. The fourth-order valence-electron chi connectivity index (χ4n) is 3.40. The second kappa shape index (κ2) is 8.58. The van der Waals surface area contributed by atoms with E-state index in [0.717, 1.165) is 12.1 Å². The van der Waals surface area contributed by atoms with Gasteiger partial charge in [-0.25, -0.2) is 4.98 Å². The minimum absolute atomic E-state index is 0.0739. The average molecular weight is 452 g/mol. The molecule has 0 aliphatic rings. The zero-order valence-electron chi connectivity index (χ0n) is 16.8. The first-order valence-corrected chi connectivity index (χ1v) is 9.61. The topological polar surface area (TPSA) is 101 Å². The molecule has 2 N–H and O–H groups in total. The SMILES string of the molecule is O=C(Nc1ccccn1)c1c[nH]c(-c2ccc(C(F)(F)F)cc2)c1-c1ccccc1[N+](=O)[O-]. The number of anilines is 1. The molecule has 0 bridgehead atoms. The lowest BCUT2D eigenvalue weighted by Gasteiger charge is -2.11. The molecule has 166 valence electrons. The molecule has 0 radical (unpaired) electrons. The van der Waals surface area contributed by atoms with Crippen LogP contribution in [0.1, 0.15) is 15.9 Å². The lowest BCUT2D eigenvalue weighted by Crippen LogP contribution is -2.13. The number of aromatic amines is 1.